The molecule has 2 unspecified atom stereocenters. The summed E-state index contributed by atoms with van der Waals surface area (Å²) in [7, 11) is 0. The molecule has 5 atom stereocenters. The van der Waals surface area contributed by atoms with E-state index < -0.39 is 41.8 Å². The second-order valence-electron chi connectivity index (χ2n) is 14.2. The van der Waals surface area contributed by atoms with E-state index in [2.05, 4.69) is 33.4 Å². The molecular weight excluding hydrogens is 684 g/mol. The van der Waals surface area contributed by atoms with Gasteiger partial charge in [0.25, 0.3) is 11.8 Å². The van der Waals surface area contributed by atoms with Gasteiger partial charge in [0.1, 0.15) is 11.8 Å². The Morgan fingerprint density at radius 2 is 1.43 bits per heavy atom. The van der Waals surface area contributed by atoms with Crippen LogP contribution in [0.1, 0.15) is 91.3 Å². The molecule has 11 nitrogen and oxygen atoms in total. The number of allylic oxidation sites excluding steroid dienone is 2. The van der Waals surface area contributed by atoms with Crippen LogP contribution >= 0.6 is 0 Å². The number of hydrogen-bond acceptors (Lipinski definition) is 7. The molecule has 288 valence electrons. The molecule has 54 heavy (non-hydrogen) atoms. The highest BCUT2D eigenvalue weighted by Crippen LogP contribution is 2.20. The summed E-state index contributed by atoms with van der Waals surface area (Å²) in [6.07, 6.45) is 7.37. The van der Waals surface area contributed by atoms with Gasteiger partial charge in [-0.25, -0.2) is 0 Å². The van der Waals surface area contributed by atoms with Crippen molar-refractivity contribution in [3.63, 3.8) is 0 Å². The van der Waals surface area contributed by atoms with Crippen molar-refractivity contribution in [2.45, 2.75) is 84.2 Å². The lowest BCUT2D eigenvalue weighted by molar-refractivity contribution is -0.134. The number of phenolic OH excluding ortho intramolecular Hbond substituents is 1. The van der Waals surface area contributed by atoms with E-state index >= 15 is 0 Å². The van der Waals surface area contributed by atoms with Gasteiger partial charge in [-0.1, -0.05) is 92.7 Å². The van der Waals surface area contributed by atoms with Gasteiger partial charge in [0.2, 0.25) is 11.8 Å². The van der Waals surface area contributed by atoms with Crippen LogP contribution in [0, 0.1) is 11.8 Å². The lowest BCUT2D eigenvalue weighted by atomic mass is 9.93. The van der Waals surface area contributed by atoms with E-state index in [4.69, 9.17) is 4.74 Å². The van der Waals surface area contributed by atoms with Crippen molar-refractivity contribution in [1.29, 1.82) is 0 Å². The van der Waals surface area contributed by atoms with E-state index in [1.807, 2.05) is 87.5 Å². The van der Waals surface area contributed by atoms with Crippen LogP contribution in [-0.2, 0) is 20.9 Å². The molecule has 0 aromatic heterocycles. The van der Waals surface area contributed by atoms with E-state index in [0.717, 1.165) is 29.5 Å². The highest BCUT2D eigenvalue weighted by Gasteiger charge is 2.31. The number of nitrogens with one attached hydrogen (secondary N) is 4. The molecule has 1 aliphatic rings. The second kappa shape index (κ2) is 20.8. The first kappa shape index (κ1) is 41.5. The molecule has 11 heteroatoms. The average molecular weight is 739 g/mol. The Morgan fingerprint density at radius 1 is 0.778 bits per heavy atom. The largest absolute Gasteiger partial charge is 0.508 e. The smallest absolute Gasteiger partial charge is 0.251 e. The van der Waals surface area contributed by atoms with Gasteiger partial charge < -0.3 is 36.2 Å². The number of ether oxygens (including phenoxy) is 1. The lowest BCUT2D eigenvalue weighted by Gasteiger charge is -2.27. The zero-order valence-electron chi connectivity index (χ0n) is 31.6. The number of benzene rings is 3. The van der Waals surface area contributed by atoms with Crippen LogP contribution < -0.4 is 21.3 Å². The van der Waals surface area contributed by atoms with Gasteiger partial charge in [-0.2, -0.15) is 0 Å². The number of phenols is 1. The van der Waals surface area contributed by atoms with Crippen molar-refractivity contribution in [2.75, 3.05) is 13.2 Å². The number of aliphatic hydroxyl groups excluding tert-OH is 1. The fourth-order valence-corrected chi connectivity index (χ4v) is 6.20. The van der Waals surface area contributed by atoms with Gasteiger partial charge in [0, 0.05) is 17.7 Å². The number of aromatic hydroxyl groups is 1. The Bertz CT molecular complexity index is 1760. The summed E-state index contributed by atoms with van der Waals surface area (Å²) >= 11 is 0. The quantitative estimate of drug-likeness (QED) is 0.0944. The van der Waals surface area contributed by atoms with Crippen LogP contribution in [0.5, 0.6) is 5.75 Å². The van der Waals surface area contributed by atoms with Gasteiger partial charge >= 0.3 is 0 Å². The van der Waals surface area contributed by atoms with Crippen LogP contribution in [0.4, 0.5) is 0 Å². The maximum atomic E-state index is 13.7. The molecule has 3 aromatic carbocycles. The Balaban J connectivity index is 1.44. The van der Waals surface area contributed by atoms with Crippen LogP contribution in [0.15, 0.2) is 103 Å². The molecule has 3 aromatic rings. The van der Waals surface area contributed by atoms with Gasteiger partial charge in [0.15, 0.2) is 0 Å². The summed E-state index contributed by atoms with van der Waals surface area (Å²) in [6.45, 7) is 7.77. The number of aliphatic hydroxyl groups is 1. The highest BCUT2D eigenvalue weighted by atomic mass is 16.5. The van der Waals surface area contributed by atoms with E-state index in [1.165, 1.54) is 25.1 Å². The maximum Gasteiger partial charge on any atom is 0.251 e. The molecular formula is C43H54N4O7. The van der Waals surface area contributed by atoms with E-state index in [0.29, 0.717) is 6.54 Å². The number of amides is 4. The standard InChI is InChI=1S/C43H54N4O7/c1-28(2)39(43(53)44-25-31-14-8-5-9-15-31)47-42(52)38(30(4)48)21-20-36(27-54-26-32-16-10-6-11-17-32)46-41(51)35-22-34(23-37(49)24-35)40(50)45-29(3)33-18-12-7-13-19-33/h6-8,10-19,22-24,28-30,36,38-39,48-49H,5,9,20-21,25-27H2,1-4H3,(H,44,53)(H,45,50)(H,46,51)(H,47,52)/t29-,30?,36-,38+,39?/m1/s1. The fraction of sp³-hybridized carbons (Fsp3) is 0.395. The molecule has 0 saturated heterocycles. The SMILES string of the molecule is CC(C)C(NC(=O)[C@@H](CC[C@H](COCc1ccccc1)NC(=O)c1cc(O)cc(C(=O)N[C@H](C)c2ccccc2)c1)C(C)O)C(=O)NCC1=CCCC=C1. The first-order valence-electron chi connectivity index (χ1n) is 18.6. The summed E-state index contributed by atoms with van der Waals surface area (Å²) < 4.78 is 5.99. The normalized spacial score (nSPS) is 15.3. The van der Waals surface area contributed by atoms with Gasteiger partial charge in [-0.3, -0.25) is 19.2 Å². The van der Waals surface area contributed by atoms with E-state index in [9.17, 15) is 29.4 Å². The van der Waals surface area contributed by atoms with Crippen LogP contribution in [-0.4, -0.2) is 65.2 Å². The van der Waals surface area contributed by atoms with Gasteiger partial charge in [-0.05, 0) is 80.3 Å². The lowest BCUT2D eigenvalue weighted by Crippen LogP contribution is -2.52. The Kier molecular flexibility index (Phi) is 16.0. The molecule has 0 bridgehead atoms. The minimum Gasteiger partial charge on any atom is -0.508 e. The molecule has 6 N–H and O–H groups in total. The summed E-state index contributed by atoms with van der Waals surface area (Å²) in [4.78, 5) is 53.6. The zero-order valence-corrected chi connectivity index (χ0v) is 31.6. The summed E-state index contributed by atoms with van der Waals surface area (Å²) in [5.41, 5.74) is 3.03. The predicted molar refractivity (Wildman–Crippen MR) is 208 cm³/mol. The van der Waals surface area contributed by atoms with Crippen molar-refractivity contribution in [3.8, 4) is 5.75 Å². The molecule has 0 fully saturated rings. The first-order chi connectivity index (χ1) is 25.9. The highest BCUT2D eigenvalue weighted by molar-refractivity contribution is 6.00. The number of carbonyl (C=O) groups excluding carboxylic acids is 4. The second-order valence-corrected chi connectivity index (χ2v) is 14.2. The third-order valence-corrected chi connectivity index (χ3v) is 9.39. The molecule has 0 spiro atoms. The minimum absolute atomic E-state index is 0.0654. The number of rotatable bonds is 19. The third-order valence-electron chi connectivity index (χ3n) is 9.39. The molecule has 0 aliphatic heterocycles. The van der Waals surface area contributed by atoms with Crippen LogP contribution in [0.2, 0.25) is 0 Å². The van der Waals surface area contributed by atoms with Crippen molar-refractivity contribution < 1.29 is 34.1 Å². The molecule has 4 rings (SSSR count). The predicted octanol–water partition coefficient (Wildman–Crippen LogP) is 5.51. The van der Waals surface area contributed by atoms with Crippen molar-refractivity contribution >= 4 is 23.6 Å². The van der Waals surface area contributed by atoms with E-state index in [1.54, 1.807) is 0 Å². The Labute approximate surface area is 318 Å². The third kappa shape index (κ3) is 13.0. The van der Waals surface area contributed by atoms with Crippen molar-refractivity contribution in [3.05, 3.63) is 125 Å². The Morgan fingerprint density at radius 3 is 2.04 bits per heavy atom. The molecule has 1 aliphatic carbocycles. The summed E-state index contributed by atoms with van der Waals surface area (Å²) in [5.74, 6) is -3.15. The van der Waals surface area contributed by atoms with Crippen molar-refractivity contribution in [2.24, 2.45) is 11.8 Å². The average Bonchev–Trinajstić information content (AvgIpc) is 3.16. The fourth-order valence-electron chi connectivity index (χ4n) is 6.20. The van der Waals surface area contributed by atoms with Gasteiger partial charge in [0.05, 0.1) is 37.3 Å². The number of carbonyl (C=O) groups is 4. The maximum absolute atomic E-state index is 13.7. The van der Waals surface area contributed by atoms with Gasteiger partial charge in [-0.15, -0.1) is 0 Å². The Hall–Kier alpha value is -5.26. The minimum atomic E-state index is -1.05. The number of hydrogen-bond donors (Lipinski definition) is 6. The molecule has 4 amide bonds. The molecule has 0 saturated carbocycles. The van der Waals surface area contributed by atoms with E-state index in [-0.39, 0.29) is 60.8 Å². The molecule has 0 radical (unpaired) electrons. The summed E-state index contributed by atoms with van der Waals surface area (Å²) in [5, 5.41) is 32.8. The monoisotopic (exact) mass is 738 g/mol. The topological polar surface area (TPSA) is 166 Å². The zero-order chi connectivity index (χ0) is 39.0. The summed E-state index contributed by atoms with van der Waals surface area (Å²) in [6, 6.07) is 21.2. The van der Waals surface area contributed by atoms with Crippen LogP contribution in [0.25, 0.3) is 0 Å². The molecule has 0 heterocycles. The first-order valence-corrected chi connectivity index (χ1v) is 18.6. The van der Waals surface area contributed by atoms with Crippen molar-refractivity contribution in [1.82, 2.24) is 21.3 Å². The van der Waals surface area contributed by atoms with Crippen LogP contribution in [0.3, 0.4) is 0 Å².